The third-order valence-corrected chi connectivity index (χ3v) is 5.73. The number of halogens is 3. The molecular weight excluding hydrogens is 431 g/mol. The first-order valence-corrected chi connectivity index (χ1v) is 10.9. The van der Waals surface area contributed by atoms with E-state index >= 15 is 0 Å². The Kier molecular flexibility index (Phi) is 6.19. The van der Waals surface area contributed by atoms with Crippen molar-refractivity contribution in [2.24, 2.45) is 0 Å². The lowest BCUT2D eigenvalue weighted by Gasteiger charge is -2.16. The second-order valence-electron chi connectivity index (χ2n) is 6.82. The van der Waals surface area contributed by atoms with Gasteiger partial charge in [-0.1, -0.05) is 24.3 Å². The van der Waals surface area contributed by atoms with E-state index in [1.165, 1.54) is 60.7 Å². The van der Waals surface area contributed by atoms with Gasteiger partial charge in [0, 0.05) is 17.5 Å². The van der Waals surface area contributed by atoms with E-state index in [1.54, 1.807) is 0 Å². The van der Waals surface area contributed by atoms with Crippen LogP contribution in [0.5, 0.6) is 0 Å². The summed E-state index contributed by atoms with van der Waals surface area (Å²) in [7, 11) is -3.38. The highest BCUT2D eigenvalue weighted by Crippen LogP contribution is 2.38. The van der Waals surface area contributed by atoms with E-state index in [4.69, 9.17) is 0 Å². The van der Waals surface area contributed by atoms with Crippen LogP contribution in [-0.2, 0) is 22.6 Å². The highest BCUT2D eigenvalue weighted by atomic mass is 32.2. The van der Waals surface area contributed by atoms with Gasteiger partial charge in [0.2, 0.25) is 0 Å². The van der Waals surface area contributed by atoms with Crippen LogP contribution in [0.1, 0.15) is 21.5 Å². The van der Waals surface area contributed by atoms with E-state index in [0.717, 1.165) is 12.3 Å². The summed E-state index contributed by atoms with van der Waals surface area (Å²) in [6, 6.07) is 14.6. The van der Waals surface area contributed by atoms with Crippen molar-refractivity contribution >= 4 is 21.4 Å². The lowest BCUT2D eigenvalue weighted by atomic mass is 9.93. The molecule has 0 heterocycles. The molecule has 3 aromatic rings. The summed E-state index contributed by atoms with van der Waals surface area (Å²) < 4.78 is 63.1. The second-order valence-corrected chi connectivity index (χ2v) is 8.84. The van der Waals surface area contributed by atoms with E-state index in [1.807, 2.05) is 0 Å². The molecule has 0 aliphatic rings. The molecule has 0 radical (unpaired) electrons. The van der Waals surface area contributed by atoms with Crippen LogP contribution in [-0.4, -0.2) is 25.7 Å². The molecule has 0 atom stereocenters. The summed E-state index contributed by atoms with van der Waals surface area (Å²) in [6.45, 7) is -0.564. The van der Waals surface area contributed by atoms with E-state index in [9.17, 15) is 31.5 Å². The molecule has 0 aliphatic heterocycles. The number of carbonyl (C=O) groups excluding carboxylic acids is 1. The molecule has 0 aliphatic carbocycles. The number of rotatable bonds is 5. The number of carbonyl (C=O) groups is 1. The molecule has 3 rings (SSSR count). The summed E-state index contributed by atoms with van der Waals surface area (Å²) in [5.74, 6) is -0.558. The summed E-state index contributed by atoms with van der Waals surface area (Å²) >= 11 is 0. The van der Waals surface area contributed by atoms with Crippen molar-refractivity contribution in [3.05, 3.63) is 83.4 Å². The SMILES string of the molecule is CS(=O)(=O)c1ccc(NC(=O)c2ccc(-c3ccccc3C(F)(F)F)c(CO)c2)cc1. The quantitative estimate of drug-likeness (QED) is 0.600. The lowest BCUT2D eigenvalue weighted by Crippen LogP contribution is -2.13. The van der Waals surface area contributed by atoms with Crippen LogP contribution in [0.2, 0.25) is 0 Å². The van der Waals surface area contributed by atoms with Gasteiger partial charge >= 0.3 is 6.18 Å². The van der Waals surface area contributed by atoms with Gasteiger partial charge in [0.1, 0.15) is 0 Å². The van der Waals surface area contributed by atoms with Crippen LogP contribution >= 0.6 is 0 Å². The van der Waals surface area contributed by atoms with Crippen molar-refractivity contribution in [2.75, 3.05) is 11.6 Å². The maximum Gasteiger partial charge on any atom is 0.417 e. The Morgan fingerprint density at radius 3 is 2.19 bits per heavy atom. The standard InChI is InChI=1S/C22H18F3NO4S/c1-31(29,30)17-9-7-16(8-10-17)26-21(28)14-6-11-18(15(12-14)13-27)19-4-2-3-5-20(19)22(23,24)25/h2-12,27H,13H2,1H3,(H,26,28). The third-order valence-electron chi connectivity index (χ3n) is 4.60. The average Bonchev–Trinajstić information content (AvgIpc) is 2.72. The second kappa shape index (κ2) is 8.52. The maximum absolute atomic E-state index is 13.4. The Morgan fingerprint density at radius 2 is 1.61 bits per heavy atom. The molecule has 9 heteroatoms. The minimum absolute atomic E-state index is 0.0950. The van der Waals surface area contributed by atoms with E-state index < -0.39 is 34.1 Å². The predicted octanol–water partition coefficient (Wildman–Crippen LogP) is 4.52. The molecule has 0 bridgehead atoms. The Hall–Kier alpha value is -3.17. The molecule has 1 amide bonds. The number of sulfone groups is 1. The highest BCUT2D eigenvalue weighted by Gasteiger charge is 2.33. The van der Waals surface area contributed by atoms with Gasteiger partial charge in [-0.2, -0.15) is 13.2 Å². The largest absolute Gasteiger partial charge is 0.417 e. The van der Waals surface area contributed by atoms with Crippen LogP contribution in [0, 0.1) is 0 Å². The zero-order valence-electron chi connectivity index (χ0n) is 16.3. The first kappa shape index (κ1) is 22.5. The summed E-state index contributed by atoms with van der Waals surface area (Å²) in [5.41, 5.74) is -0.129. The van der Waals surface area contributed by atoms with Crippen LogP contribution in [0.15, 0.2) is 71.6 Å². The van der Waals surface area contributed by atoms with Crippen molar-refractivity contribution < 1.29 is 31.5 Å². The van der Waals surface area contributed by atoms with E-state index in [-0.39, 0.29) is 27.1 Å². The maximum atomic E-state index is 13.4. The molecule has 0 fully saturated rings. The molecular formula is C22H18F3NO4S. The van der Waals surface area contributed by atoms with Crippen LogP contribution in [0.4, 0.5) is 18.9 Å². The van der Waals surface area contributed by atoms with Crippen molar-refractivity contribution in [2.45, 2.75) is 17.7 Å². The lowest BCUT2D eigenvalue weighted by molar-refractivity contribution is -0.137. The third kappa shape index (κ3) is 5.12. The number of benzene rings is 3. The van der Waals surface area contributed by atoms with Crippen molar-refractivity contribution in [1.29, 1.82) is 0 Å². The molecule has 3 aromatic carbocycles. The van der Waals surface area contributed by atoms with Gasteiger partial charge in [0.05, 0.1) is 17.1 Å². The molecule has 2 N–H and O–H groups in total. The van der Waals surface area contributed by atoms with Crippen LogP contribution < -0.4 is 5.32 Å². The van der Waals surface area contributed by atoms with Gasteiger partial charge in [-0.05, 0) is 59.2 Å². The average molecular weight is 449 g/mol. The topological polar surface area (TPSA) is 83.5 Å². The molecule has 162 valence electrons. The zero-order chi connectivity index (χ0) is 22.8. The van der Waals surface area contributed by atoms with Gasteiger partial charge in [-0.3, -0.25) is 4.79 Å². The Bertz CT molecular complexity index is 1220. The summed E-state index contributed by atoms with van der Waals surface area (Å²) in [5, 5.41) is 12.3. The fourth-order valence-electron chi connectivity index (χ4n) is 3.08. The fourth-order valence-corrected chi connectivity index (χ4v) is 3.71. The highest BCUT2D eigenvalue weighted by molar-refractivity contribution is 7.90. The molecule has 31 heavy (non-hydrogen) atoms. The molecule has 0 saturated carbocycles. The van der Waals surface area contributed by atoms with Crippen LogP contribution in [0.25, 0.3) is 11.1 Å². The molecule has 5 nitrogen and oxygen atoms in total. The number of hydrogen-bond acceptors (Lipinski definition) is 4. The van der Waals surface area contributed by atoms with Crippen molar-refractivity contribution in [3.8, 4) is 11.1 Å². The van der Waals surface area contributed by atoms with Crippen molar-refractivity contribution in [1.82, 2.24) is 0 Å². The van der Waals surface area contributed by atoms with E-state index in [0.29, 0.717) is 5.69 Å². The smallest absolute Gasteiger partial charge is 0.392 e. The first-order valence-electron chi connectivity index (χ1n) is 9.02. The molecule has 0 aromatic heterocycles. The minimum atomic E-state index is -4.57. The fraction of sp³-hybridized carbons (Fsp3) is 0.136. The number of amides is 1. The molecule has 0 saturated heterocycles. The number of aliphatic hydroxyl groups excluding tert-OH is 1. The van der Waals surface area contributed by atoms with Crippen LogP contribution in [0.3, 0.4) is 0 Å². The number of hydrogen-bond donors (Lipinski definition) is 2. The van der Waals surface area contributed by atoms with E-state index in [2.05, 4.69) is 5.32 Å². The molecule has 0 unspecified atom stereocenters. The minimum Gasteiger partial charge on any atom is -0.392 e. The Morgan fingerprint density at radius 1 is 0.968 bits per heavy atom. The zero-order valence-corrected chi connectivity index (χ0v) is 17.1. The number of nitrogens with one attached hydrogen (secondary N) is 1. The van der Waals surface area contributed by atoms with Gasteiger partial charge in [0.15, 0.2) is 9.84 Å². The number of anilines is 1. The molecule has 0 spiro atoms. The number of alkyl halides is 3. The van der Waals surface area contributed by atoms with Crippen molar-refractivity contribution in [3.63, 3.8) is 0 Å². The van der Waals surface area contributed by atoms with Gasteiger partial charge in [-0.15, -0.1) is 0 Å². The Balaban J connectivity index is 1.91. The Labute approximate surface area is 177 Å². The predicted molar refractivity (Wildman–Crippen MR) is 110 cm³/mol. The van der Waals surface area contributed by atoms with Gasteiger partial charge in [0.25, 0.3) is 5.91 Å². The first-order chi connectivity index (χ1) is 14.5. The number of aliphatic hydroxyl groups is 1. The van der Waals surface area contributed by atoms with Gasteiger partial charge < -0.3 is 10.4 Å². The normalized spacial score (nSPS) is 11.9. The van der Waals surface area contributed by atoms with Gasteiger partial charge in [-0.25, -0.2) is 8.42 Å². The monoisotopic (exact) mass is 449 g/mol. The summed E-state index contributed by atoms with van der Waals surface area (Å²) in [6.07, 6.45) is -3.51. The summed E-state index contributed by atoms with van der Waals surface area (Å²) in [4.78, 5) is 12.6.